The lowest BCUT2D eigenvalue weighted by atomic mass is 10.0. The van der Waals surface area contributed by atoms with Crippen molar-refractivity contribution in [1.82, 2.24) is 30.4 Å². The van der Waals surface area contributed by atoms with Crippen LogP contribution in [-0.2, 0) is 0 Å². The first-order chi connectivity index (χ1) is 16.9. The number of likely N-dealkylation sites (tertiary alicyclic amines) is 1. The maximum Gasteiger partial charge on any atom is 0.321 e. The molecule has 0 aliphatic carbocycles. The molecule has 0 spiro atoms. The predicted octanol–water partition coefficient (Wildman–Crippen LogP) is 2.18. The fourth-order valence-corrected chi connectivity index (χ4v) is 3.70. The Morgan fingerprint density at radius 1 is 1.26 bits per heavy atom. The number of piperidine rings is 1. The van der Waals surface area contributed by atoms with Crippen molar-refractivity contribution in [3.8, 4) is 23.4 Å². The molecular formula is C23H24N8O4. The highest BCUT2D eigenvalue weighted by Gasteiger charge is 2.21. The lowest BCUT2D eigenvalue weighted by Gasteiger charge is -2.29. The van der Waals surface area contributed by atoms with E-state index < -0.39 is 0 Å². The molecule has 1 fully saturated rings. The maximum atomic E-state index is 12.8. The lowest BCUT2D eigenvalue weighted by molar-refractivity contribution is 0.0916. The number of carbonyl (C=O) groups excluding carboxylic acids is 2. The zero-order valence-corrected chi connectivity index (χ0v) is 19.5. The van der Waals surface area contributed by atoms with Crippen LogP contribution >= 0.6 is 0 Å². The zero-order chi connectivity index (χ0) is 24.9. The number of aromatic nitrogens is 4. The van der Waals surface area contributed by atoms with Crippen molar-refractivity contribution in [1.29, 1.82) is 5.26 Å². The molecule has 4 rings (SSSR count). The summed E-state index contributed by atoms with van der Waals surface area (Å²) in [5, 5.41) is 22.4. The van der Waals surface area contributed by atoms with E-state index in [1.54, 1.807) is 24.3 Å². The van der Waals surface area contributed by atoms with Crippen LogP contribution in [0.3, 0.4) is 0 Å². The highest BCUT2D eigenvalue weighted by molar-refractivity contribution is 5.99. The number of methoxy groups -OCH3 is 1. The van der Waals surface area contributed by atoms with Crippen LogP contribution in [0.25, 0.3) is 11.6 Å². The zero-order valence-electron chi connectivity index (χ0n) is 19.5. The summed E-state index contributed by atoms with van der Waals surface area (Å²) in [5.74, 6) is -0.266. The van der Waals surface area contributed by atoms with Gasteiger partial charge in [-0.2, -0.15) is 5.26 Å². The van der Waals surface area contributed by atoms with Gasteiger partial charge in [0.15, 0.2) is 11.9 Å². The minimum atomic E-state index is -0.305. The summed E-state index contributed by atoms with van der Waals surface area (Å²) in [4.78, 5) is 35.6. The van der Waals surface area contributed by atoms with E-state index in [4.69, 9.17) is 14.4 Å². The largest absolute Gasteiger partial charge is 0.495 e. The highest BCUT2D eigenvalue weighted by Crippen LogP contribution is 2.29. The van der Waals surface area contributed by atoms with Gasteiger partial charge in [-0.15, -0.1) is 5.10 Å². The number of ketones is 1. The molecule has 3 aromatic rings. The number of nitrogens with one attached hydrogen (secondary N) is 2. The third kappa shape index (κ3) is 5.42. The fraction of sp³-hybridized carbons (Fsp3) is 0.348. The van der Waals surface area contributed by atoms with Gasteiger partial charge in [0, 0.05) is 17.8 Å². The van der Waals surface area contributed by atoms with E-state index in [-0.39, 0.29) is 46.7 Å². The van der Waals surface area contributed by atoms with Gasteiger partial charge in [-0.05, 0) is 58.1 Å². The Morgan fingerprint density at radius 2 is 2.03 bits per heavy atom. The Labute approximate surface area is 201 Å². The van der Waals surface area contributed by atoms with Crippen molar-refractivity contribution in [2.24, 2.45) is 0 Å². The number of nitriles is 1. The van der Waals surface area contributed by atoms with Crippen LogP contribution in [0.5, 0.6) is 5.75 Å². The monoisotopic (exact) mass is 476 g/mol. The van der Waals surface area contributed by atoms with Crippen LogP contribution in [-0.4, -0.2) is 70.0 Å². The van der Waals surface area contributed by atoms with Crippen molar-refractivity contribution in [2.45, 2.75) is 25.8 Å². The Hall–Kier alpha value is -4.37. The van der Waals surface area contributed by atoms with E-state index in [1.807, 2.05) is 0 Å². The molecule has 1 aromatic carbocycles. The molecule has 0 radical (unpaired) electrons. The number of Topliss-reactive ketones (excluding diaryl/α,β-unsaturated/α-hetero) is 1. The topological polar surface area (TPSA) is 159 Å². The number of ether oxygens (including phenoxy) is 1. The van der Waals surface area contributed by atoms with Gasteiger partial charge in [-0.25, -0.2) is 9.97 Å². The molecule has 0 unspecified atom stereocenters. The van der Waals surface area contributed by atoms with Crippen LogP contribution in [0.1, 0.15) is 46.4 Å². The average molecular weight is 476 g/mol. The number of hydrogen-bond acceptors (Lipinski definition) is 11. The van der Waals surface area contributed by atoms with E-state index in [9.17, 15) is 9.59 Å². The number of benzene rings is 1. The molecule has 180 valence electrons. The van der Waals surface area contributed by atoms with Gasteiger partial charge in [0.2, 0.25) is 5.95 Å². The van der Waals surface area contributed by atoms with Crippen LogP contribution in [0.2, 0.25) is 0 Å². The van der Waals surface area contributed by atoms with E-state index >= 15 is 0 Å². The molecule has 0 atom stereocenters. The molecule has 2 N–H and O–H groups in total. The Balaban J connectivity index is 1.55. The highest BCUT2D eigenvalue weighted by atomic mass is 16.5. The van der Waals surface area contributed by atoms with Crippen LogP contribution in [0.15, 0.2) is 28.8 Å². The normalized spacial score (nSPS) is 14.2. The standard InChI is InChI=1S/C23H24N8O4/c1-13(32)16-12-25-23(28-20(16)22-30-29-19(11-24)35-22)27-17-5-4-14(10-18(17)34-3)21(33)26-15-6-8-31(2)9-7-15/h4-5,10,12,15H,6-9H2,1-3H3,(H,26,33)(H,25,27,28). The molecule has 12 nitrogen and oxygen atoms in total. The molecule has 2 aromatic heterocycles. The summed E-state index contributed by atoms with van der Waals surface area (Å²) in [6, 6.07) is 6.88. The first kappa shape index (κ1) is 23.8. The van der Waals surface area contributed by atoms with E-state index in [1.165, 1.54) is 20.2 Å². The van der Waals surface area contributed by atoms with Gasteiger partial charge in [0.25, 0.3) is 11.8 Å². The van der Waals surface area contributed by atoms with Crippen molar-refractivity contribution in [3.05, 3.63) is 41.4 Å². The van der Waals surface area contributed by atoms with Gasteiger partial charge in [-0.3, -0.25) is 9.59 Å². The van der Waals surface area contributed by atoms with Gasteiger partial charge in [0.1, 0.15) is 11.4 Å². The maximum absolute atomic E-state index is 12.8. The van der Waals surface area contributed by atoms with Gasteiger partial charge < -0.3 is 24.7 Å². The Morgan fingerprint density at radius 3 is 2.69 bits per heavy atom. The van der Waals surface area contributed by atoms with Crippen molar-refractivity contribution in [2.75, 3.05) is 32.6 Å². The minimum Gasteiger partial charge on any atom is -0.495 e. The Kier molecular flexibility index (Phi) is 6.98. The molecule has 0 bridgehead atoms. The van der Waals surface area contributed by atoms with Crippen molar-refractivity contribution >= 4 is 23.3 Å². The molecule has 35 heavy (non-hydrogen) atoms. The van der Waals surface area contributed by atoms with Crippen LogP contribution in [0.4, 0.5) is 11.6 Å². The molecular weight excluding hydrogens is 452 g/mol. The second-order valence-electron chi connectivity index (χ2n) is 8.13. The summed E-state index contributed by atoms with van der Waals surface area (Å²) in [6.07, 6.45) is 3.15. The average Bonchev–Trinajstić information content (AvgIpc) is 3.35. The lowest BCUT2D eigenvalue weighted by Crippen LogP contribution is -2.43. The van der Waals surface area contributed by atoms with Gasteiger partial charge >= 0.3 is 5.89 Å². The van der Waals surface area contributed by atoms with Crippen LogP contribution in [0, 0.1) is 11.3 Å². The van der Waals surface area contributed by atoms with E-state index in [0.29, 0.717) is 17.0 Å². The number of rotatable bonds is 7. The number of amides is 1. The smallest absolute Gasteiger partial charge is 0.321 e. The predicted molar refractivity (Wildman–Crippen MR) is 124 cm³/mol. The summed E-state index contributed by atoms with van der Waals surface area (Å²) >= 11 is 0. The second kappa shape index (κ2) is 10.3. The summed E-state index contributed by atoms with van der Waals surface area (Å²) in [6.45, 7) is 3.25. The molecule has 1 aliphatic heterocycles. The number of hydrogen-bond donors (Lipinski definition) is 2. The van der Waals surface area contributed by atoms with E-state index in [2.05, 4.69) is 42.7 Å². The van der Waals surface area contributed by atoms with Crippen molar-refractivity contribution in [3.63, 3.8) is 0 Å². The number of nitrogens with zero attached hydrogens (tertiary/aromatic N) is 6. The summed E-state index contributed by atoms with van der Waals surface area (Å²) in [7, 11) is 3.56. The second-order valence-corrected chi connectivity index (χ2v) is 8.13. The number of carbonyl (C=O) groups is 2. The molecule has 12 heteroatoms. The molecule has 1 amide bonds. The molecule has 0 saturated carbocycles. The fourth-order valence-electron chi connectivity index (χ4n) is 3.70. The summed E-state index contributed by atoms with van der Waals surface area (Å²) in [5.41, 5.74) is 1.23. The Bertz CT molecular complexity index is 1290. The van der Waals surface area contributed by atoms with Gasteiger partial charge in [-0.1, -0.05) is 5.10 Å². The summed E-state index contributed by atoms with van der Waals surface area (Å²) < 4.78 is 10.7. The van der Waals surface area contributed by atoms with Gasteiger partial charge in [0.05, 0.1) is 18.4 Å². The third-order valence-electron chi connectivity index (χ3n) is 5.66. The quantitative estimate of drug-likeness (QED) is 0.481. The van der Waals surface area contributed by atoms with E-state index in [0.717, 1.165) is 25.9 Å². The van der Waals surface area contributed by atoms with Crippen LogP contribution < -0.4 is 15.4 Å². The molecule has 1 aliphatic rings. The third-order valence-corrected chi connectivity index (χ3v) is 5.66. The van der Waals surface area contributed by atoms with Crippen molar-refractivity contribution < 1.29 is 18.7 Å². The first-order valence-corrected chi connectivity index (χ1v) is 10.9. The minimum absolute atomic E-state index is 0.0786. The first-order valence-electron chi connectivity index (χ1n) is 10.9. The molecule has 3 heterocycles. The SMILES string of the molecule is COc1cc(C(=O)NC2CCN(C)CC2)ccc1Nc1ncc(C(C)=O)c(-c2nnc(C#N)o2)n1. The number of anilines is 2. The molecule has 1 saturated heterocycles.